The Labute approximate surface area is 129 Å². The third kappa shape index (κ3) is 2.14. The van der Waals surface area contributed by atoms with Crippen molar-refractivity contribution in [2.75, 3.05) is 0 Å². The topological polar surface area (TPSA) is 48.0 Å². The average molecular weight is 314 g/mol. The molecule has 0 bridgehead atoms. The van der Waals surface area contributed by atoms with E-state index in [9.17, 15) is 4.39 Å². The molecule has 0 atom stereocenters. The molecule has 0 aliphatic heterocycles. The molecule has 0 spiro atoms. The number of benzene rings is 1. The molecule has 0 unspecified atom stereocenters. The smallest absolute Gasteiger partial charge is 0.240 e. The number of halogens is 2. The fraction of sp³-hybridized carbons (Fsp3) is 0. The van der Waals surface area contributed by atoms with Crippen LogP contribution in [0.4, 0.5) is 4.39 Å². The van der Waals surface area contributed by atoms with Gasteiger partial charge in [0.2, 0.25) is 5.28 Å². The van der Waals surface area contributed by atoms with E-state index in [4.69, 9.17) is 11.6 Å². The zero-order chi connectivity index (χ0) is 15.1. The van der Waals surface area contributed by atoms with Gasteiger partial charge in [-0.2, -0.15) is 10.1 Å². The van der Waals surface area contributed by atoms with Crippen LogP contribution in [0, 0.1) is 5.82 Å². The molecule has 3 heterocycles. The maximum atomic E-state index is 13.0. The van der Waals surface area contributed by atoms with Gasteiger partial charge < -0.3 is 0 Å². The highest BCUT2D eigenvalue weighted by molar-refractivity contribution is 6.28. The molecule has 0 radical (unpaired) electrons. The van der Waals surface area contributed by atoms with Crippen molar-refractivity contribution in [3.05, 3.63) is 66.1 Å². The minimum atomic E-state index is -0.279. The van der Waals surface area contributed by atoms with Crippen molar-refractivity contribution in [3.8, 4) is 16.8 Å². The Hall–Kier alpha value is -2.73. The van der Waals surface area contributed by atoms with Crippen molar-refractivity contribution in [2.45, 2.75) is 0 Å². The molecule has 0 saturated heterocycles. The van der Waals surface area contributed by atoms with E-state index in [-0.39, 0.29) is 11.1 Å². The molecule has 3 aromatic heterocycles. The molecule has 0 N–H and O–H groups in total. The standard InChI is InChI=1S/C15H9ClFN5/c16-15-19-14-13(2-1-7-21(14)20-15)10-8-18-22(9-10)12-5-3-11(17)4-6-12/h1-9H. The summed E-state index contributed by atoms with van der Waals surface area (Å²) in [6.07, 6.45) is 5.36. The number of aromatic nitrogens is 5. The van der Waals surface area contributed by atoms with E-state index in [0.29, 0.717) is 5.65 Å². The van der Waals surface area contributed by atoms with Crippen LogP contribution in [0.15, 0.2) is 55.0 Å². The zero-order valence-corrected chi connectivity index (χ0v) is 11.9. The van der Waals surface area contributed by atoms with Crippen molar-refractivity contribution in [1.29, 1.82) is 0 Å². The van der Waals surface area contributed by atoms with Crippen LogP contribution >= 0.6 is 11.6 Å². The van der Waals surface area contributed by atoms with Crippen LogP contribution in [0.25, 0.3) is 22.5 Å². The number of hydrogen-bond acceptors (Lipinski definition) is 3. The van der Waals surface area contributed by atoms with Crippen LogP contribution in [0.2, 0.25) is 5.28 Å². The van der Waals surface area contributed by atoms with Crippen LogP contribution in [0.1, 0.15) is 0 Å². The monoisotopic (exact) mass is 313 g/mol. The third-order valence-corrected chi connectivity index (χ3v) is 3.48. The number of rotatable bonds is 2. The summed E-state index contributed by atoms with van der Waals surface area (Å²) in [5, 5.41) is 8.58. The van der Waals surface area contributed by atoms with E-state index in [1.54, 1.807) is 33.7 Å². The van der Waals surface area contributed by atoms with Gasteiger partial charge in [0.25, 0.3) is 0 Å². The summed E-state index contributed by atoms with van der Waals surface area (Å²) in [6.45, 7) is 0. The first kappa shape index (κ1) is 13.0. The second kappa shape index (κ2) is 4.92. The van der Waals surface area contributed by atoms with Gasteiger partial charge in [-0.25, -0.2) is 13.6 Å². The maximum Gasteiger partial charge on any atom is 0.243 e. The van der Waals surface area contributed by atoms with Crippen LogP contribution in [0.5, 0.6) is 0 Å². The van der Waals surface area contributed by atoms with Crippen molar-refractivity contribution in [3.63, 3.8) is 0 Å². The highest BCUT2D eigenvalue weighted by Crippen LogP contribution is 2.24. The van der Waals surface area contributed by atoms with Gasteiger partial charge in [-0.15, -0.1) is 5.10 Å². The normalized spacial score (nSPS) is 11.2. The Morgan fingerprint density at radius 3 is 2.73 bits per heavy atom. The summed E-state index contributed by atoms with van der Waals surface area (Å²) in [5.41, 5.74) is 3.18. The van der Waals surface area contributed by atoms with Crippen LogP contribution in [-0.2, 0) is 0 Å². The second-order valence-electron chi connectivity index (χ2n) is 4.72. The first-order valence-electron chi connectivity index (χ1n) is 6.52. The predicted molar refractivity (Wildman–Crippen MR) is 80.5 cm³/mol. The lowest BCUT2D eigenvalue weighted by molar-refractivity contribution is 0.627. The zero-order valence-electron chi connectivity index (χ0n) is 11.2. The molecule has 1 aromatic carbocycles. The Kier molecular flexibility index (Phi) is 2.90. The molecular formula is C15H9ClFN5. The molecule has 7 heteroatoms. The molecular weight excluding hydrogens is 305 g/mol. The summed E-state index contributed by atoms with van der Waals surface area (Å²) in [7, 11) is 0. The highest BCUT2D eigenvalue weighted by Gasteiger charge is 2.10. The predicted octanol–water partition coefficient (Wildman–Crippen LogP) is 3.37. The molecule has 0 aliphatic rings. The third-order valence-electron chi connectivity index (χ3n) is 3.32. The van der Waals surface area contributed by atoms with E-state index in [1.165, 1.54) is 12.1 Å². The molecule has 4 rings (SSSR count). The molecule has 0 amide bonds. The summed E-state index contributed by atoms with van der Waals surface area (Å²) in [4.78, 5) is 4.21. The van der Waals surface area contributed by atoms with Crippen LogP contribution in [0.3, 0.4) is 0 Å². The van der Waals surface area contributed by atoms with Gasteiger partial charge in [0.05, 0.1) is 11.9 Å². The largest absolute Gasteiger partial charge is 0.243 e. The van der Waals surface area contributed by atoms with Crippen molar-refractivity contribution >= 4 is 17.2 Å². The fourth-order valence-corrected chi connectivity index (χ4v) is 2.46. The molecule has 108 valence electrons. The summed E-state index contributed by atoms with van der Waals surface area (Å²) in [6, 6.07) is 9.92. The Morgan fingerprint density at radius 2 is 1.91 bits per heavy atom. The summed E-state index contributed by atoms with van der Waals surface area (Å²) in [5.74, 6) is -0.279. The van der Waals surface area contributed by atoms with Gasteiger partial charge in [-0.1, -0.05) is 0 Å². The van der Waals surface area contributed by atoms with Gasteiger partial charge in [0.15, 0.2) is 5.65 Å². The molecule has 4 aromatic rings. The lowest BCUT2D eigenvalue weighted by Crippen LogP contribution is -1.93. The van der Waals surface area contributed by atoms with E-state index in [0.717, 1.165) is 16.8 Å². The van der Waals surface area contributed by atoms with Gasteiger partial charge in [-0.3, -0.25) is 0 Å². The molecule has 5 nitrogen and oxygen atoms in total. The lowest BCUT2D eigenvalue weighted by atomic mass is 10.1. The minimum Gasteiger partial charge on any atom is -0.240 e. The Morgan fingerprint density at radius 1 is 1.09 bits per heavy atom. The Bertz CT molecular complexity index is 958. The van der Waals surface area contributed by atoms with Gasteiger partial charge in [-0.05, 0) is 48.0 Å². The number of nitrogens with zero attached hydrogens (tertiary/aromatic N) is 5. The van der Waals surface area contributed by atoms with Gasteiger partial charge in [0, 0.05) is 23.5 Å². The van der Waals surface area contributed by atoms with E-state index >= 15 is 0 Å². The maximum absolute atomic E-state index is 13.0. The van der Waals surface area contributed by atoms with Crippen molar-refractivity contribution in [2.24, 2.45) is 0 Å². The fourth-order valence-electron chi connectivity index (χ4n) is 2.30. The van der Waals surface area contributed by atoms with Gasteiger partial charge in [0.1, 0.15) is 5.82 Å². The lowest BCUT2D eigenvalue weighted by Gasteiger charge is -2.01. The number of pyridine rings is 1. The van der Waals surface area contributed by atoms with E-state index in [1.807, 2.05) is 18.3 Å². The number of fused-ring (bicyclic) bond motifs is 1. The quantitative estimate of drug-likeness (QED) is 0.570. The molecule has 0 aliphatic carbocycles. The minimum absolute atomic E-state index is 0.193. The van der Waals surface area contributed by atoms with Crippen molar-refractivity contribution in [1.82, 2.24) is 24.4 Å². The van der Waals surface area contributed by atoms with Crippen LogP contribution < -0.4 is 0 Å². The van der Waals surface area contributed by atoms with Gasteiger partial charge >= 0.3 is 0 Å². The SMILES string of the molecule is Fc1ccc(-n2cc(-c3cccn4nc(Cl)nc34)cn2)cc1. The van der Waals surface area contributed by atoms with Crippen molar-refractivity contribution < 1.29 is 4.39 Å². The molecule has 0 fully saturated rings. The van der Waals surface area contributed by atoms with Crippen LogP contribution in [-0.4, -0.2) is 24.4 Å². The van der Waals surface area contributed by atoms with E-state index < -0.39 is 0 Å². The Balaban J connectivity index is 1.81. The first-order chi connectivity index (χ1) is 10.7. The average Bonchev–Trinajstić information content (AvgIpc) is 3.13. The molecule has 0 saturated carbocycles. The second-order valence-corrected chi connectivity index (χ2v) is 5.06. The summed E-state index contributed by atoms with van der Waals surface area (Å²) < 4.78 is 16.3. The molecule has 22 heavy (non-hydrogen) atoms. The summed E-state index contributed by atoms with van der Waals surface area (Å²) >= 11 is 5.86. The highest BCUT2D eigenvalue weighted by atomic mass is 35.5. The first-order valence-corrected chi connectivity index (χ1v) is 6.90. The number of hydrogen-bond donors (Lipinski definition) is 0. The van der Waals surface area contributed by atoms with E-state index in [2.05, 4.69) is 15.2 Å².